The van der Waals surface area contributed by atoms with Gasteiger partial charge in [0, 0.05) is 0 Å². The van der Waals surface area contributed by atoms with E-state index in [4.69, 9.17) is 0 Å². The van der Waals surface area contributed by atoms with Crippen molar-refractivity contribution in [3.63, 3.8) is 0 Å². The van der Waals surface area contributed by atoms with Crippen LogP contribution in [-0.2, 0) is 4.79 Å². The second kappa shape index (κ2) is 7.62. The summed E-state index contributed by atoms with van der Waals surface area (Å²) in [7, 11) is 0. The molecule has 0 aliphatic carbocycles. The van der Waals surface area contributed by atoms with Gasteiger partial charge in [0.05, 0.1) is 27.9 Å². The second-order valence-electron chi connectivity index (χ2n) is 6.27. The summed E-state index contributed by atoms with van der Waals surface area (Å²) in [6, 6.07) is 19.4. The molecule has 0 aliphatic heterocycles. The molecule has 0 spiro atoms. The van der Waals surface area contributed by atoms with E-state index < -0.39 is 0 Å². The van der Waals surface area contributed by atoms with Gasteiger partial charge in [-0.3, -0.25) is 9.20 Å². The summed E-state index contributed by atoms with van der Waals surface area (Å²) in [5.41, 5.74) is 2.07. The van der Waals surface area contributed by atoms with E-state index in [-0.39, 0.29) is 11.7 Å². The zero-order valence-electron chi connectivity index (χ0n) is 15.4. The molecule has 8 nitrogen and oxygen atoms in total. The molecule has 10 heteroatoms. The quantitative estimate of drug-likeness (QED) is 0.426. The Morgan fingerprint density at radius 2 is 1.93 bits per heavy atom. The normalized spacial score (nSPS) is 11.0. The third-order valence-electron chi connectivity index (χ3n) is 4.39. The van der Waals surface area contributed by atoms with Gasteiger partial charge in [0.25, 0.3) is 0 Å². The van der Waals surface area contributed by atoms with E-state index in [0.29, 0.717) is 16.5 Å². The highest BCUT2D eigenvalue weighted by Crippen LogP contribution is 2.29. The molecule has 30 heavy (non-hydrogen) atoms. The molecule has 0 unspecified atom stereocenters. The number of thioether (sulfide) groups is 1. The largest absolute Gasteiger partial charge is 0.309 e. The van der Waals surface area contributed by atoms with E-state index in [1.54, 1.807) is 16.0 Å². The molecule has 3 heterocycles. The predicted molar refractivity (Wildman–Crippen MR) is 116 cm³/mol. The standard InChI is InChI=1S/C20H13N7OS2/c21-10-13-11-22-27(14-6-2-1-3-7-14)18(13)23-17(28)12-29-19-24-25-20-26(19)15-8-4-5-9-16(15)30-20/h1-9,11H,12H2,(H,23,28). The number of para-hydroxylation sites is 2. The Kier molecular flexibility index (Phi) is 4.66. The summed E-state index contributed by atoms with van der Waals surface area (Å²) in [5.74, 6) is 0.211. The Morgan fingerprint density at radius 3 is 2.77 bits per heavy atom. The van der Waals surface area contributed by atoms with Crippen molar-refractivity contribution < 1.29 is 4.79 Å². The Morgan fingerprint density at radius 1 is 1.13 bits per heavy atom. The number of rotatable bonds is 5. The first-order valence-electron chi connectivity index (χ1n) is 8.93. The Bertz CT molecular complexity index is 1410. The number of benzene rings is 2. The van der Waals surface area contributed by atoms with Crippen molar-refractivity contribution in [2.45, 2.75) is 5.16 Å². The van der Waals surface area contributed by atoms with Gasteiger partial charge in [-0.15, -0.1) is 10.2 Å². The van der Waals surface area contributed by atoms with Gasteiger partial charge in [-0.1, -0.05) is 53.4 Å². The number of anilines is 1. The fraction of sp³-hybridized carbons (Fsp3) is 0.0500. The van der Waals surface area contributed by atoms with Gasteiger partial charge in [-0.25, -0.2) is 4.68 Å². The SMILES string of the molecule is N#Cc1cnn(-c2ccccc2)c1NC(=O)CSc1nnc2sc3ccccc3n12. The van der Waals surface area contributed by atoms with Crippen LogP contribution in [0.25, 0.3) is 20.9 Å². The summed E-state index contributed by atoms with van der Waals surface area (Å²) in [6.45, 7) is 0. The molecule has 5 aromatic rings. The van der Waals surface area contributed by atoms with E-state index >= 15 is 0 Å². The van der Waals surface area contributed by atoms with Crippen molar-refractivity contribution in [1.29, 1.82) is 5.26 Å². The van der Waals surface area contributed by atoms with Crippen LogP contribution < -0.4 is 5.32 Å². The van der Waals surface area contributed by atoms with Gasteiger partial charge in [0.2, 0.25) is 10.9 Å². The summed E-state index contributed by atoms with van der Waals surface area (Å²) >= 11 is 2.85. The van der Waals surface area contributed by atoms with Gasteiger partial charge in [-0.05, 0) is 24.3 Å². The molecule has 5 rings (SSSR count). The monoisotopic (exact) mass is 431 g/mol. The number of thiazole rings is 1. The highest BCUT2D eigenvalue weighted by Gasteiger charge is 2.17. The molecule has 1 N–H and O–H groups in total. The number of fused-ring (bicyclic) bond motifs is 3. The molecule has 0 aliphatic rings. The molecule has 2 aromatic carbocycles. The van der Waals surface area contributed by atoms with Crippen molar-refractivity contribution in [2.24, 2.45) is 0 Å². The summed E-state index contributed by atoms with van der Waals surface area (Å²) < 4.78 is 4.61. The number of nitriles is 1. The number of carbonyl (C=O) groups excluding carboxylic acids is 1. The van der Waals surface area contributed by atoms with E-state index in [9.17, 15) is 10.1 Å². The Hall–Kier alpha value is -3.68. The number of amides is 1. The molecule has 0 saturated heterocycles. The van der Waals surface area contributed by atoms with Crippen molar-refractivity contribution >= 4 is 50.0 Å². The highest BCUT2D eigenvalue weighted by atomic mass is 32.2. The number of nitrogens with one attached hydrogen (secondary N) is 1. The van der Waals surface area contributed by atoms with Crippen molar-refractivity contribution in [3.8, 4) is 11.8 Å². The highest BCUT2D eigenvalue weighted by molar-refractivity contribution is 7.99. The smallest absolute Gasteiger partial charge is 0.236 e. The number of hydrogen-bond acceptors (Lipinski definition) is 7. The topological polar surface area (TPSA) is 101 Å². The number of aromatic nitrogens is 5. The lowest BCUT2D eigenvalue weighted by Crippen LogP contribution is -2.18. The zero-order valence-corrected chi connectivity index (χ0v) is 17.0. The van der Waals surface area contributed by atoms with Gasteiger partial charge < -0.3 is 5.32 Å². The summed E-state index contributed by atoms with van der Waals surface area (Å²) in [5, 5.41) is 25.5. The first-order valence-corrected chi connectivity index (χ1v) is 10.7. The molecular weight excluding hydrogens is 418 g/mol. The molecule has 0 saturated carbocycles. The minimum absolute atomic E-state index is 0.121. The van der Waals surface area contributed by atoms with Crippen molar-refractivity contribution in [1.82, 2.24) is 24.4 Å². The van der Waals surface area contributed by atoms with E-state index in [1.165, 1.54) is 18.0 Å². The maximum Gasteiger partial charge on any atom is 0.236 e. The lowest BCUT2D eigenvalue weighted by atomic mass is 10.3. The van der Waals surface area contributed by atoms with Gasteiger partial charge in [-0.2, -0.15) is 10.4 Å². The second-order valence-corrected chi connectivity index (χ2v) is 8.22. The Labute approximate surface area is 178 Å². The van der Waals surface area contributed by atoms with Gasteiger partial charge >= 0.3 is 0 Å². The summed E-state index contributed by atoms with van der Waals surface area (Å²) in [6.07, 6.45) is 1.44. The van der Waals surface area contributed by atoms with Crippen LogP contribution in [-0.4, -0.2) is 36.0 Å². The number of hydrogen-bond donors (Lipinski definition) is 1. The van der Waals surface area contributed by atoms with Gasteiger partial charge in [0.15, 0.2) is 11.0 Å². The predicted octanol–water partition coefficient (Wildman–Crippen LogP) is 3.73. The number of nitrogens with zero attached hydrogens (tertiary/aromatic N) is 6. The molecular formula is C20H13N7OS2. The average Bonchev–Trinajstić information content (AvgIpc) is 3.46. The lowest BCUT2D eigenvalue weighted by Gasteiger charge is -2.09. The fourth-order valence-electron chi connectivity index (χ4n) is 3.06. The average molecular weight is 432 g/mol. The zero-order chi connectivity index (χ0) is 20.5. The minimum atomic E-state index is -0.259. The molecule has 0 radical (unpaired) electrons. The maximum atomic E-state index is 12.7. The third-order valence-corrected chi connectivity index (χ3v) is 6.33. The molecule has 0 atom stereocenters. The minimum Gasteiger partial charge on any atom is -0.309 e. The molecule has 0 fully saturated rings. The lowest BCUT2D eigenvalue weighted by molar-refractivity contribution is -0.113. The van der Waals surface area contributed by atoms with E-state index in [1.807, 2.05) is 59.0 Å². The van der Waals surface area contributed by atoms with E-state index in [0.717, 1.165) is 20.9 Å². The third kappa shape index (κ3) is 3.20. The molecule has 0 bridgehead atoms. The Balaban J connectivity index is 1.37. The van der Waals surface area contributed by atoms with Crippen LogP contribution in [0.5, 0.6) is 0 Å². The molecule has 3 aromatic heterocycles. The first kappa shape index (κ1) is 18.4. The van der Waals surface area contributed by atoms with Crippen LogP contribution in [0, 0.1) is 11.3 Å². The van der Waals surface area contributed by atoms with Crippen LogP contribution in [0.1, 0.15) is 5.56 Å². The van der Waals surface area contributed by atoms with Gasteiger partial charge in [0.1, 0.15) is 11.6 Å². The van der Waals surface area contributed by atoms with E-state index in [2.05, 4.69) is 26.7 Å². The maximum absolute atomic E-state index is 12.7. The van der Waals surface area contributed by atoms with Crippen molar-refractivity contribution in [2.75, 3.05) is 11.1 Å². The van der Waals surface area contributed by atoms with Crippen LogP contribution in [0.3, 0.4) is 0 Å². The van der Waals surface area contributed by atoms with Crippen LogP contribution in [0.2, 0.25) is 0 Å². The molecule has 146 valence electrons. The van der Waals surface area contributed by atoms with Crippen LogP contribution in [0.15, 0.2) is 66.0 Å². The van der Waals surface area contributed by atoms with Crippen molar-refractivity contribution in [3.05, 3.63) is 66.4 Å². The number of carbonyl (C=O) groups is 1. The first-order chi connectivity index (χ1) is 14.7. The van der Waals surface area contributed by atoms with Crippen LogP contribution >= 0.6 is 23.1 Å². The summed E-state index contributed by atoms with van der Waals surface area (Å²) in [4.78, 5) is 13.4. The fourth-order valence-corrected chi connectivity index (χ4v) is 4.83. The molecule has 1 amide bonds. The van der Waals surface area contributed by atoms with Crippen LogP contribution in [0.4, 0.5) is 5.82 Å².